The van der Waals surface area contributed by atoms with Gasteiger partial charge >= 0.3 is 0 Å². The van der Waals surface area contributed by atoms with E-state index in [0.29, 0.717) is 11.6 Å². The Morgan fingerprint density at radius 2 is 1.86 bits per heavy atom. The van der Waals surface area contributed by atoms with Gasteiger partial charge < -0.3 is 15.8 Å². The molecule has 0 aliphatic heterocycles. The van der Waals surface area contributed by atoms with Crippen LogP contribution in [0.3, 0.4) is 0 Å². The van der Waals surface area contributed by atoms with Gasteiger partial charge in [0, 0.05) is 35.2 Å². The van der Waals surface area contributed by atoms with Crippen LogP contribution in [0.15, 0.2) is 42.5 Å². The summed E-state index contributed by atoms with van der Waals surface area (Å²) < 4.78 is 34.2. The van der Waals surface area contributed by atoms with Gasteiger partial charge in [0.15, 0.2) is 11.6 Å². The summed E-state index contributed by atoms with van der Waals surface area (Å²) in [4.78, 5) is 0. The first kappa shape index (κ1) is 19.3. The number of hydrogen-bond acceptors (Lipinski definition) is 3. The first-order chi connectivity index (χ1) is 13.4. The van der Waals surface area contributed by atoms with Crippen LogP contribution in [0, 0.1) is 11.6 Å². The van der Waals surface area contributed by atoms with Crippen molar-refractivity contribution in [2.45, 2.75) is 69.2 Å². The summed E-state index contributed by atoms with van der Waals surface area (Å²) in [7, 11) is 0. The monoisotopic (exact) mass is 386 g/mol. The van der Waals surface area contributed by atoms with E-state index in [9.17, 15) is 8.78 Å². The first-order valence-electron chi connectivity index (χ1n) is 10.1. The molecule has 2 saturated carbocycles. The summed E-state index contributed by atoms with van der Waals surface area (Å²) in [6.45, 7) is 2.37. The second kappa shape index (κ2) is 7.80. The Balaban J connectivity index is 1.43. The molecule has 2 atom stereocenters. The van der Waals surface area contributed by atoms with Crippen molar-refractivity contribution in [3.63, 3.8) is 0 Å². The zero-order chi connectivity index (χ0) is 19.7. The van der Waals surface area contributed by atoms with E-state index in [0.717, 1.165) is 43.7 Å². The molecule has 0 bridgehead atoms. The highest BCUT2D eigenvalue weighted by Crippen LogP contribution is 2.47. The van der Waals surface area contributed by atoms with Crippen LogP contribution in [-0.4, -0.2) is 17.6 Å². The minimum atomic E-state index is -0.631. The fourth-order valence-electron chi connectivity index (χ4n) is 4.21. The highest BCUT2D eigenvalue weighted by molar-refractivity contribution is 5.42. The molecule has 150 valence electrons. The largest absolute Gasteiger partial charge is 0.486 e. The van der Waals surface area contributed by atoms with Crippen molar-refractivity contribution in [2.24, 2.45) is 5.73 Å². The van der Waals surface area contributed by atoms with E-state index in [-0.39, 0.29) is 29.9 Å². The van der Waals surface area contributed by atoms with E-state index in [1.165, 1.54) is 6.07 Å². The Bertz CT molecular complexity index is 815. The van der Waals surface area contributed by atoms with Crippen molar-refractivity contribution in [3.8, 4) is 5.75 Å². The second-order valence-corrected chi connectivity index (χ2v) is 8.62. The van der Waals surface area contributed by atoms with Gasteiger partial charge in [-0.05, 0) is 50.7 Å². The molecule has 0 spiro atoms. The van der Waals surface area contributed by atoms with E-state index in [1.54, 1.807) is 0 Å². The maximum Gasteiger partial charge on any atom is 0.168 e. The number of hydrogen-bond donors (Lipinski definition) is 2. The predicted octanol–water partition coefficient (Wildman–Crippen LogP) is 4.65. The molecule has 2 aliphatic carbocycles. The van der Waals surface area contributed by atoms with Gasteiger partial charge in [-0.3, -0.25) is 0 Å². The van der Waals surface area contributed by atoms with Gasteiger partial charge in [0.05, 0.1) is 0 Å². The summed E-state index contributed by atoms with van der Waals surface area (Å²) in [5.41, 5.74) is 7.73. The molecular formula is C23H28F2N2O. The molecule has 2 fully saturated rings. The normalized spacial score (nSPS) is 29.5. The average Bonchev–Trinajstić information content (AvgIpc) is 3.42. The number of ether oxygens (including phenoxy) is 1. The quantitative estimate of drug-likeness (QED) is 0.760. The molecular weight excluding hydrogens is 358 g/mol. The molecule has 0 radical (unpaired) electrons. The summed E-state index contributed by atoms with van der Waals surface area (Å²) in [5.74, 6) is -0.921. The molecule has 5 heteroatoms. The van der Waals surface area contributed by atoms with Crippen molar-refractivity contribution < 1.29 is 13.5 Å². The molecule has 28 heavy (non-hydrogen) atoms. The Labute approximate surface area is 165 Å². The Kier molecular flexibility index (Phi) is 5.39. The Morgan fingerprint density at radius 1 is 1.14 bits per heavy atom. The summed E-state index contributed by atoms with van der Waals surface area (Å²) in [6, 6.07) is 12.6. The fraction of sp³-hybridized carbons (Fsp3) is 0.478. The Morgan fingerprint density at radius 3 is 2.57 bits per heavy atom. The van der Waals surface area contributed by atoms with Crippen LogP contribution in [0.5, 0.6) is 5.75 Å². The summed E-state index contributed by atoms with van der Waals surface area (Å²) in [6.07, 6.45) is 4.97. The zero-order valence-corrected chi connectivity index (χ0v) is 16.3. The van der Waals surface area contributed by atoms with Crippen molar-refractivity contribution in [1.82, 2.24) is 5.32 Å². The van der Waals surface area contributed by atoms with Crippen LogP contribution >= 0.6 is 0 Å². The second-order valence-electron chi connectivity index (χ2n) is 8.62. The van der Waals surface area contributed by atoms with Gasteiger partial charge in [-0.1, -0.05) is 30.3 Å². The SMILES string of the molecule is CC1(N)CCC(NC2CC2c2cc(F)cc(F)c2OCc2ccccc2)CC1. The van der Waals surface area contributed by atoms with E-state index >= 15 is 0 Å². The lowest BCUT2D eigenvalue weighted by molar-refractivity contribution is 0.265. The van der Waals surface area contributed by atoms with Gasteiger partial charge in [0.25, 0.3) is 0 Å². The fourth-order valence-corrected chi connectivity index (χ4v) is 4.21. The number of rotatable bonds is 6. The molecule has 2 aromatic carbocycles. The van der Waals surface area contributed by atoms with Gasteiger partial charge in [-0.15, -0.1) is 0 Å². The molecule has 3 N–H and O–H groups in total. The standard InChI is InChI=1S/C23H28F2N2O/c1-23(26)9-7-17(8-10-23)27-21-13-18(21)19-11-16(24)12-20(25)22(19)28-14-15-5-3-2-4-6-15/h2-6,11-12,17-18,21,27H,7-10,13-14,26H2,1H3. The first-order valence-corrected chi connectivity index (χ1v) is 10.1. The third kappa shape index (κ3) is 4.53. The van der Waals surface area contributed by atoms with Crippen molar-refractivity contribution >= 4 is 0 Å². The van der Waals surface area contributed by atoms with Crippen molar-refractivity contribution in [3.05, 3.63) is 65.2 Å². The topological polar surface area (TPSA) is 47.3 Å². The molecule has 2 unspecified atom stereocenters. The smallest absolute Gasteiger partial charge is 0.168 e. The minimum absolute atomic E-state index is 0.0642. The van der Waals surface area contributed by atoms with E-state index in [4.69, 9.17) is 10.5 Å². The zero-order valence-electron chi connectivity index (χ0n) is 16.3. The lowest BCUT2D eigenvalue weighted by Gasteiger charge is -2.34. The van der Waals surface area contributed by atoms with Crippen LogP contribution in [0.4, 0.5) is 8.78 Å². The van der Waals surface area contributed by atoms with Crippen LogP contribution in [-0.2, 0) is 6.61 Å². The number of nitrogens with two attached hydrogens (primary N) is 1. The average molecular weight is 386 g/mol. The van der Waals surface area contributed by atoms with Crippen LogP contribution in [0.25, 0.3) is 0 Å². The predicted molar refractivity (Wildman–Crippen MR) is 106 cm³/mol. The van der Waals surface area contributed by atoms with Gasteiger partial charge in [-0.25, -0.2) is 8.78 Å². The lowest BCUT2D eigenvalue weighted by atomic mass is 9.81. The molecule has 2 aliphatic rings. The van der Waals surface area contributed by atoms with Gasteiger partial charge in [0.1, 0.15) is 12.4 Å². The molecule has 0 heterocycles. The third-order valence-corrected chi connectivity index (χ3v) is 6.03. The van der Waals surface area contributed by atoms with E-state index < -0.39 is 11.6 Å². The molecule has 0 amide bonds. The molecule has 3 nitrogen and oxygen atoms in total. The molecule has 0 saturated heterocycles. The Hall–Kier alpha value is -1.98. The van der Waals surface area contributed by atoms with Crippen molar-refractivity contribution in [2.75, 3.05) is 0 Å². The number of halogens is 2. The highest BCUT2D eigenvalue weighted by atomic mass is 19.1. The molecule has 4 rings (SSSR count). The molecule has 0 aromatic heterocycles. The number of nitrogens with one attached hydrogen (secondary N) is 1. The van der Waals surface area contributed by atoms with Crippen molar-refractivity contribution in [1.29, 1.82) is 0 Å². The third-order valence-electron chi connectivity index (χ3n) is 6.03. The van der Waals surface area contributed by atoms with Gasteiger partial charge in [0.2, 0.25) is 0 Å². The van der Waals surface area contributed by atoms with Gasteiger partial charge in [-0.2, -0.15) is 0 Å². The van der Waals surface area contributed by atoms with E-state index in [2.05, 4.69) is 12.2 Å². The minimum Gasteiger partial charge on any atom is -0.486 e. The van der Waals surface area contributed by atoms with Crippen LogP contribution in [0.1, 0.15) is 56.1 Å². The number of benzene rings is 2. The maximum absolute atomic E-state index is 14.5. The summed E-state index contributed by atoms with van der Waals surface area (Å²) >= 11 is 0. The highest BCUT2D eigenvalue weighted by Gasteiger charge is 2.43. The maximum atomic E-state index is 14.5. The summed E-state index contributed by atoms with van der Waals surface area (Å²) in [5, 5.41) is 3.66. The van der Waals surface area contributed by atoms with Crippen LogP contribution in [0.2, 0.25) is 0 Å². The van der Waals surface area contributed by atoms with Crippen LogP contribution < -0.4 is 15.8 Å². The van der Waals surface area contributed by atoms with E-state index in [1.807, 2.05) is 30.3 Å². The lowest BCUT2D eigenvalue weighted by Crippen LogP contribution is -2.45. The molecule has 2 aromatic rings.